The van der Waals surface area contributed by atoms with E-state index >= 15 is 0 Å². The van der Waals surface area contributed by atoms with Gasteiger partial charge in [-0.2, -0.15) is 16.8 Å². The van der Waals surface area contributed by atoms with E-state index in [2.05, 4.69) is 10.6 Å². The molecule has 13 nitrogen and oxygen atoms in total. The number of hydrogen-bond acceptors (Lipinski definition) is 11. The molecule has 15 heteroatoms. The van der Waals surface area contributed by atoms with Crippen LogP contribution in [0.1, 0.15) is 0 Å². The Morgan fingerprint density at radius 3 is 1.27 bits per heavy atom. The van der Waals surface area contributed by atoms with Crippen molar-refractivity contribution < 1.29 is 48.9 Å². The summed E-state index contributed by atoms with van der Waals surface area (Å²) in [4.78, 5) is 12.4. The van der Waals surface area contributed by atoms with E-state index in [0.717, 1.165) is 0 Å². The zero-order chi connectivity index (χ0) is 31.9. The summed E-state index contributed by atoms with van der Waals surface area (Å²) in [5, 5.41) is 5.12. The SMILES string of the molecule is COc1ccc(S(=O)(=O)Oc2cccc(NC(=O)Nc3cccc(OS(=O)(=O)c4ccc(OC)c(OC)c4)c3)c2)cc1OC. The van der Waals surface area contributed by atoms with Crippen molar-refractivity contribution in [2.75, 3.05) is 39.1 Å². The molecule has 0 saturated carbocycles. The molecule has 0 aromatic heterocycles. The van der Waals surface area contributed by atoms with Crippen LogP contribution in [0, 0.1) is 0 Å². The zero-order valence-electron chi connectivity index (χ0n) is 23.9. The second-order valence-corrected chi connectivity index (χ2v) is 11.8. The highest BCUT2D eigenvalue weighted by molar-refractivity contribution is 7.87. The van der Waals surface area contributed by atoms with Crippen LogP contribution in [0.4, 0.5) is 16.2 Å². The lowest BCUT2D eigenvalue weighted by atomic mass is 10.3. The molecule has 0 bridgehead atoms. The van der Waals surface area contributed by atoms with Crippen LogP contribution in [0.25, 0.3) is 0 Å². The summed E-state index contributed by atoms with van der Waals surface area (Å²) >= 11 is 0. The van der Waals surface area contributed by atoms with Gasteiger partial charge in [-0.1, -0.05) is 12.1 Å². The first-order chi connectivity index (χ1) is 21.0. The fraction of sp³-hybridized carbons (Fsp3) is 0.138. The first-order valence-corrected chi connectivity index (χ1v) is 15.4. The lowest BCUT2D eigenvalue weighted by molar-refractivity contribution is 0.262. The lowest BCUT2D eigenvalue weighted by Crippen LogP contribution is -2.19. The van der Waals surface area contributed by atoms with Crippen molar-refractivity contribution in [3.8, 4) is 34.5 Å². The van der Waals surface area contributed by atoms with E-state index in [4.69, 9.17) is 27.3 Å². The van der Waals surface area contributed by atoms with Crippen LogP contribution in [0.15, 0.2) is 94.7 Å². The predicted octanol–water partition coefficient (Wildman–Crippen LogP) is 4.90. The third-order valence-electron chi connectivity index (χ3n) is 5.88. The molecule has 4 rings (SSSR count). The number of methoxy groups -OCH3 is 4. The van der Waals surface area contributed by atoms with Crippen LogP contribution in [0.2, 0.25) is 0 Å². The summed E-state index contributed by atoms with van der Waals surface area (Å²) < 4.78 is 82.4. The Kier molecular flexibility index (Phi) is 9.70. The number of rotatable bonds is 12. The van der Waals surface area contributed by atoms with E-state index in [1.165, 1.54) is 113 Å². The van der Waals surface area contributed by atoms with E-state index < -0.39 is 26.3 Å². The maximum Gasteiger partial charge on any atom is 0.339 e. The Labute approximate surface area is 254 Å². The smallest absolute Gasteiger partial charge is 0.339 e. The molecule has 0 radical (unpaired) electrons. The molecular formula is C29H28N2O11S2. The van der Waals surface area contributed by atoms with E-state index in [0.29, 0.717) is 11.5 Å². The van der Waals surface area contributed by atoms with Gasteiger partial charge in [0.05, 0.1) is 28.4 Å². The lowest BCUT2D eigenvalue weighted by Gasteiger charge is -2.13. The molecule has 0 spiro atoms. The molecule has 232 valence electrons. The topological polar surface area (TPSA) is 165 Å². The van der Waals surface area contributed by atoms with Crippen LogP contribution in [0.3, 0.4) is 0 Å². The second kappa shape index (κ2) is 13.4. The Morgan fingerprint density at radius 2 is 0.909 bits per heavy atom. The summed E-state index contributed by atoms with van der Waals surface area (Å²) in [6.07, 6.45) is 0. The van der Waals surface area contributed by atoms with Gasteiger partial charge >= 0.3 is 26.3 Å². The van der Waals surface area contributed by atoms with Gasteiger partial charge in [-0.3, -0.25) is 0 Å². The molecule has 0 atom stereocenters. The summed E-state index contributed by atoms with van der Waals surface area (Å²) in [7, 11) is -2.90. The average Bonchev–Trinajstić information content (AvgIpc) is 3.00. The maximum absolute atomic E-state index is 12.8. The average molecular weight is 645 g/mol. The number of anilines is 2. The van der Waals surface area contributed by atoms with Crippen LogP contribution in [0.5, 0.6) is 34.5 Å². The number of benzene rings is 4. The maximum atomic E-state index is 12.8. The van der Waals surface area contributed by atoms with Crippen molar-refractivity contribution in [1.82, 2.24) is 0 Å². The van der Waals surface area contributed by atoms with Crippen LogP contribution < -0.4 is 37.9 Å². The van der Waals surface area contributed by atoms with Gasteiger partial charge in [0.15, 0.2) is 23.0 Å². The monoisotopic (exact) mass is 644 g/mol. The second-order valence-electron chi connectivity index (χ2n) is 8.74. The van der Waals surface area contributed by atoms with Gasteiger partial charge in [-0.05, 0) is 48.5 Å². The summed E-state index contributed by atoms with van der Waals surface area (Å²) in [6, 6.07) is 18.8. The van der Waals surface area contributed by atoms with Gasteiger partial charge in [0.2, 0.25) is 0 Å². The van der Waals surface area contributed by atoms with Crippen molar-refractivity contribution >= 4 is 37.6 Å². The first kappa shape index (κ1) is 31.8. The minimum atomic E-state index is -4.25. The Bertz CT molecular complexity index is 1740. The molecule has 0 fully saturated rings. The van der Waals surface area contributed by atoms with Crippen LogP contribution in [-0.4, -0.2) is 51.3 Å². The molecule has 0 aliphatic rings. The first-order valence-electron chi connectivity index (χ1n) is 12.6. The minimum absolute atomic E-state index is 0.0617. The fourth-order valence-electron chi connectivity index (χ4n) is 3.84. The van der Waals surface area contributed by atoms with Crippen LogP contribution >= 0.6 is 0 Å². The zero-order valence-corrected chi connectivity index (χ0v) is 25.5. The summed E-state index contributed by atoms with van der Waals surface area (Å²) in [6.45, 7) is 0. The third kappa shape index (κ3) is 7.62. The molecule has 4 aromatic carbocycles. The van der Waals surface area contributed by atoms with Gasteiger partial charge in [-0.25, -0.2) is 4.79 Å². The van der Waals surface area contributed by atoms with Crippen molar-refractivity contribution in [1.29, 1.82) is 0 Å². The van der Waals surface area contributed by atoms with Gasteiger partial charge in [0, 0.05) is 35.6 Å². The highest BCUT2D eigenvalue weighted by Gasteiger charge is 2.21. The van der Waals surface area contributed by atoms with Crippen molar-refractivity contribution in [3.63, 3.8) is 0 Å². The molecule has 0 aliphatic heterocycles. The molecule has 0 unspecified atom stereocenters. The fourth-order valence-corrected chi connectivity index (χ4v) is 5.72. The highest BCUT2D eigenvalue weighted by Crippen LogP contribution is 2.32. The molecular weight excluding hydrogens is 616 g/mol. The third-order valence-corrected chi connectivity index (χ3v) is 8.37. The van der Waals surface area contributed by atoms with E-state index in [1.54, 1.807) is 0 Å². The van der Waals surface area contributed by atoms with Gasteiger partial charge < -0.3 is 37.9 Å². The van der Waals surface area contributed by atoms with Crippen molar-refractivity contribution in [2.45, 2.75) is 9.79 Å². The number of carbonyl (C=O) groups is 1. The number of amides is 2. The van der Waals surface area contributed by atoms with Gasteiger partial charge in [-0.15, -0.1) is 0 Å². The van der Waals surface area contributed by atoms with Gasteiger partial charge in [0.25, 0.3) is 0 Å². The number of carbonyl (C=O) groups excluding carboxylic acids is 1. The van der Waals surface area contributed by atoms with Crippen molar-refractivity contribution in [2.24, 2.45) is 0 Å². The molecule has 0 saturated heterocycles. The Hall–Kier alpha value is -5.15. The summed E-state index contributed by atoms with van der Waals surface area (Å²) in [5.41, 5.74) is 0.428. The highest BCUT2D eigenvalue weighted by atomic mass is 32.2. The Morgan fingerprint density at radius 1 is 0.523 bits per heavy atom. The van der Waals surface area contributed by atoms with E-state index in [1.807, 2.05) is 0 Å². The quantitative estimate of drug-likeness (QED) is 0.202. The largest absolute Gasteiger partial charge is 0.493 e. The molecule has 2 amide bonds. The summed E-state index contributed by atoms with van der Waals surface area (Å²) in [5.74, 6) is 0.983. The van der Waals surface area contributed by atoms with E-state index in [-0.39, 0.29) is 44.2 Å². The normalized spacial score (nSPS) is 11.2. The molecule has 0 heterocycles. The molecule has 44 heavy (non-hydrogen) atoms. The van der Waals surface area contributed by atoms with E-state index in [9.17, 15) is 21.6 Å². The number of hydrogen-bond donors (Lipinski definition) is 2. The van der Waals surface area contributed by atoms with Crippen molar-refractivity contribution in [3.05, 3.63) is 84.9 Å². The molecule has 4 aromatic rings. The van der Waals surface area contributed by atoms with Gasteiger partial charge in [0.1, 0.15) is 21.3 Å². The Balaban J connectivity index is 1.42. The van der Waals surface area contributed by atoms with Crippen LogP contribution in [-0.2, 0) is 20.2 Å². The number of nitrogens with one attached hydrogen (secondary N) is 2. The standard InChI is InChI=1S/C29H28N2O11S2/c1-37-25-13-11-23(17-27(25)39-3)43(33,34)41-21-9-5-7-19(15-21)30-29(32)31-20-8-6-10-22(16-20)42-44(35,36)24-12-14-26(38-2)28(18-24)40-4/h5-18H,1-4H3,(H2,30,31,32). The predicted molar refractivity (Wildman–Crippen MR) is 160 cm³/mol. The number of ether oxygens (including phenoxy) is 4. The number of urea groups is 1. The minimum Gasteiger partial charge on any atom is -0.493 e. The molecule has 2 N–H and O–H groups in total. The molecule has 0 aliphatic carbocycles.